The maximum absolute atomic E-state index is 13.4. The van der Waals surface area contributed by atoms with Gasteiger partial charge in [-0.15, -0.1) is 0 Å². The van der Waals surface area contributed by atoms with Crippen LogP contribution in [0.5, 0.6) is 5.88 Å². The van der Waals surface area contributed by atoms with Crippen molar-refractivity contribution in [3.63, 3.8) is 0 Å². The summed E-state index contributed by atoms with van der Waals surface area (Å²) >= 11 is 5.59. The second-order valence-electron chi connectivity index (χ2n) is 2.92. The Hall–Kier alpha value is -1.75. The molecule has 0 aliphatic rings. The molecular formula is C10H7ClFN3O. The van der Waals surface area contributed by atoms with Crippen molar-refractivity contribution < 1.29 is 9.13 Å². The lowest BCUT2D eigenvalue weighted by atomic mass is 10.2. The molecule has 0 saturated carbocycles. The Morgan fingerprint density at radius 3 is 2.69 bits per heavy atom. The van der Waals surface area contributed by atoms with Gasteiger partial charge in [-0.05, 0) is 17.7 Å². The average molecular weight is 240 g/mol. The molecule has 16 heavy (non-hydrogen) atoms. The summed E-state index contributed by atoms with van der Waals surface area (Å²) in [6.07, 6.45) is 2.48. The van der Waals surface area contributed by atoms with Crippen LogP contribution in [0.2, 0.25) is 5.28 Å². The summed E-state index contributed by atoms with van der Waals surface area (Å²) in [6.45, 7) is 0. The van der Waals surface area contributed by atoms with E-state index in [2.05, 4.69) is 15.0 Å². The Bertz CT molecular complexity index is 504. The van der Waals surface area contributed by atoms with Crippen molar-refractivity contribution >= 4 is 11.6 Å². The second-order valence-corrected chi connectivity index (χ2v) is 3.26. The van der Waals surface area contributed by atoms with Crippen molar-refractivity contribution in [3.8, 4) is 17.1 Å². The van der Waals surface area contributed by atoms with E-state index >= 15 is 0 Å². The first-order valence-corrected chi connectivity index (χ1v) is 4.77. The van der Waals surface area contributed by atoms with Crippen molar-refractivity contribution in [2.45, 2.75) is 0 Å². The van der Waals surface area contributed by atoms with Crippen LogP contribution in [0.25, 0.3) is 11.3 Å². The second kappa shape index (κ2) is 4.40. The molecule has 0 spiro atoms. The number of nitrogens with zero attached hydrogens (tertiary/aromatic N) is 3. The van der Waals surface area contributed by atoms with E-state index < -0.39 is 5.82 Å². The molecule has 0 bridgehead atoms. The lowest BCUT2D eigenvalue weighted by Crippen LogP contribution is -1.94. The van der Waals surface area contributed by atoms with Crippen LogP contribution in [-0.2, 0) is 0 Å². The zero-order valence-corrected chi connectivity index (χ0v) is 9.07. The van der Waals surface area contributed by atoms with Crippen molar-refractivity contribution in [3.05, 3.63) is 35.6 Å². The lowest BCUT2D eigenvalue weighted by molar-refractivity contribution is 0.398. The van der Waals surface area contributed by atoms with Gasteiger partial charge in [-0.25, -0.2) is 19.3 Å². The standard InChI is InChI=1S/C10H7ClFN3O/c1-16-8-3-2-6(4-13-8)9-7(12)5-14-10(11)15-9/h2-5H,1H3. The largest absolute Gasteiger partial charge is 0.481 e. The molecule has 0 aromatic carbocycles. The monoisotopic (exact) mass is 239 g/mol. The fourth-order valence-corrected chi connectivity index (χ4v) is 1.32. The zero-order chi connectivity index (χ0) is 11.5. The Morgan fingerprint density at radius 1 is 1.25 bits per heavy atom. The molecule has 2 heterocycles. The predicted molar refractivity (Wildman–Crippen MR) is 56.8 cm³/mol. The highest BCUT2D eigenvalue weighted by Crippen LogP contribution is 2.21. The van der Waals surface area contributed by atoms with Gasteiger partial charge in [0.1, 0.15) is 5.69 Å². The first-order valence-electron chi connectivity index (χ1n) is 4.39. The van der Waals surface area contributed by atoms with Crippen LogP contribution in [0.4, 0.5) is 4.39 Å². The first-order chi connectivity index (χ1) is 7.70. The SMILES string of the molecule is COc1ccc(-c2nc(Cl)ncc2F)cn1. The summed E-state index contributed by atoms with van der Waals surface area (Å²) in [6, 6.07) is 3.26. The van der Waals surface area contributed by atoms with Crippen molar-refractivity contribution in [1.82, 2.24) is 15.0 Å². The third kappa shape index (κ3) is 2.09. The van der Waals surface area contributed by atoms with E-state index in [-0.39, 0.29) is 11.0 Å². The number of halogens is 2. The van der Waals surface area contributed by atoms with Gasteiger partial charge in [-0.1, -0.05) is 0 Å². The Kier molecular flexibility index (Phi) is 2.96. The number of pyridine rings is 1. The summed E-state index contributed by atoms with van der Waals surface area (Å²) < 4.78 is 18.3. The van der Waals surface area contributed by atoms with Gasteiger partial charge in [0.05, 0.1) is 13.3 Å². The molecule has 0 fully saturated rings. The molecule has 2 aromatic heterocycles. The van der Waals surface area contributed by atoms with E-state index in [4.69, 9.17) is 16.3 Å². The molecule has 0 atom stereocenters. The van der Waals surface area contributed by atoms with Crippen LogP contribution in [-0.4, -0.2) is 22.1 Å². The maximum Gasteiger partial charge on any atom is 0.223 e. The Labute approximate surface area is 96.1 Å². The van der Waals surface area contributed by atoms with Crippen LogP contribution in [0.3, 0.4) is 0 Å². The molecule has 0 unspecified atom stereocenters. The van der Waals surface area contributed by atoms with E-state index in [0.29, 0.717) is 11.4 Å². The average Bonchev–Trinajstić information content (AvgIpc) is 2.32. The molecule has 0 radical (unpaired) electrons. The summed E-state index contributed by atoms with van der Waals surface area (Å²) in [5.74, 6) is -0.0966. The number of hydrogen-bond acceptors (Lipinski definition) is 4. The van der Waals surface area contributed by atoms with Gasteiger partial charge >= 0.3 is 0 Å². The fraction of sp³-hybridized carbons (Fsp3) is 0.100. The third-order valence-electron chi connectivity index (χ3n) is 1.93. The van der Waals surface area contributed by atoms with E-state index in [1.165, 1.54) is 13.3 Å². The molecule has 6 heteroatoms. The minimum absolute atomic E-state index is 0.00721. The highest BCUT2D eigenvalue weighted by molar-refractivity contribution is 6.28. The van der Waals surface area contributed by atoms with Crippen molar-refractivity contribution in [2.24, 2.45) is 0 Å². The van der Waals surface area contributed by atoms with E-state index in [9.17, 15) is 4.39 Å². The van der Waals surface area contributed by atoms with Gasteiger partial charge in [0, 0.05) is 17.8 Å². The normalized spacial score (nSPS) is 10.2. The van der Waals surface area contributed by atoms with Crippen LogP contribution in [0, 0.1) is 5.82 Å². The fourth-order valence-electron chi connectivity index (χ4n) is 1.19. The molecule has 0 aliphatic carbocycles. The minimum atomic E-state index is -0.545. The number of rotatable bonds is 2. The van der Waals surface area contributed by atoms with E-state index in [0.717, 1.165) is 6.20 Å². The molecular weight excluding hydrogens is 233 g/mol. The molecule has 2 rings (SSSR count). The number of aromatic nitrogens is 3. The molecule has 0 saturated heterocycles. The van der Waals surface area contributed by atoms with Gasteiger partial charge in [-0.2, -0.15) is 0 Å². The van der Waals surface area contributed by atoms with E-state index in [1.807, 2.05) is 0 Å². The minimum Gasteiger partial charge on any atom is -0.481 e. The number of hydrogen-bond donors (Lipinski definition) is 0. The van der Waals surface area contributed by atoms with Gasteiger partial charge in [0.25, 0.3) is 0 Å². The highest BCUT2D eigenvalue weighted by atomic mass is 35.5. The first kappa shape index (κ1) is 10.8. The number of ether oxygens (including phenoxy) is 1. The Balaban J connectivity index is 2.45. The Morgan fingerprint density at radius 2 is 2.06 bits per heavy atom. The van der Waals surface area contributed by atoms with Crippen LogP contribution in [0.15, 0.2) is 24.5 Å². The summed E-state index contributed by atoms with van der Waals surface area (Å²) in [5, 5.41) is -0.00721. The van der Waals surface area contributed by atoms with Gasteiger partial charge < -0.3 is 4.74 Å². The molecule has 4 nitrogen and oxygen atoms in total. The van der Waals surface area contributed by atoms with Crippen LogP contribution in [0.1, 0.15) is 0 Å². The molecule has 82 valence electrons. The zero-order valence-electron chi connectivity index (χ0n) is 8.32. The van der Waals surface area contributed by atoms with Crippen molar-refractivity contribution in [2.75, 3.05) is 7.11 Å². The molecule has 0 amide bonds. The molecule has 2 aromatic rings. The van der Waals surface area contributed by atoms with Crippen LogP contribution >= 0.6 is 11.6 Å². The van der Waals surface area contributed by atoms with Gasteiger partial charge in [0.15, 0.2) is 5.82 Å². The predicted octanol–water partition coefficient (Wildman–Crippen LogP) is 2.34. The smallest absolute Gasteiger partial charge is 0.223 e. The topological polar surface area (TPSA) is 47.9 Å². The van der Waals surface area contributed by atoms with Crippen LogP contribution < -0.4 is 4.74 Å². The maximum atomic E-state index is 13.4. The van der Waals surface area contributed by atoms with Gasteiger partial charge in [-0.3, -0.25) is 0 Å². The summed E-state index contributed by atoms with van der Waals surface area (Å²) in [4.78, 5) is 11.3. The lowest BCUT2D eigenvalue weighted by Gasteiger charge is -2.03. The molecule has 0 N–H and O–H groups in total. The summed E-state index contributed by atoms with van der Waals surface area (Å²) in [5.41, 5.74) is 0.637. The molecule has 0 aliphatic heterocycles. The number of methoxy groups -OCH3 is 1. The highest BCUT2D eigenvalue weighted by Gasteiger charge is 2.09. The summed E-state index contributed by atoms with van der Waals surface area (Å²) in [7, 11) is 1.50. The van der Waals surface area contributed by atoms with Crippen molar-refractivity contribution in [1.29, 1.82) is 0 Å². The third-order valence-corrected chi connectivity index (χ3v) is 2.12. The quantitative estimate of drug-likeness (QED) is 0.755. The van der Waals surface area contributed by atoms with Gasteiger partial charge in [0.2, 0.25) is 11.2 Å². The van der Waals surface area contributed by atoms with E-state index in [1.54, 1.807) is 12.1 Å².